The monoisotopic (exact) mass is 242 g/mol. The van der Waals surface area contributed by atoms with Crippen LogP contribution < -0.4 is 29.6 Å². The second-order valence-corrected chi connectivity index (χ2v) is 5.74. The summed E-state index contributed by atoms with van der Waals surface area (Å²) in [6, 6.07) is 0. The molecule has 0 unspecified atom stereocenters. The van der Waals surface area contributed by atoms with Crippen LogP contribution in [0.3, 0.4) is 0 Å². The van der Waals surface area contributed by atoms with Crippen molar-refractivity contribution in [3.05, 3.63) is 0 Å². The van der Waals surface area contributed by atoms with Gasteiger partial charge in [0.1, 0.15) is 0 Å². The van der Waals surface area contributed by atoms with Crippen LogP contribution in [-0.4, -0.2) is 30.5 Å². The summed E-state index contributed by atoms with van der Waals surface area (Å²) < 4.78 is 56.2. The van der Waals surface area contributed by atoms with Crippen LogP contribution in [0.1, 0.15) is 21.2 Å². The molecule has 0 rings (SSSR count). The molecule has 0 aliphatic carbocycles. The molecular weight excluding hydrogens is 231 g/mol. The fourth-order valence-electron chi connectivity index (χ4n) is 0.687. The van der Waals surface area contributed by atoms with Crippen molar-refractivity contribution in [3.63, 3.8) is 0 Å². The van der Waals surface area contributed by atoms with Crippen molar-refractivity contribution in [2.45, 2.75) is 24.3 Å². The van der Waals surface area contributed by atoms with Crippen molar-refractivity contribution in [3.8, 4) is 0 Å². The van der Waals surface area contributed by atoms with Gasteiger partial charge in [0.25, 0.3) is 20.2 Å². The van der Waals surface area contributed by atoms with E-state index in [9.17, 15) is 16.8 Å². The van der Waals surface area contributed by atoms with Crippen molar-refractivity contribution in [1.82, 2.24) is 0 Å². The van der Waals surface area contributed by atoms with Crippen LogP contribution in [0, 0.1) is 0 Å². The van der Waals surface area contributed by atoms with E-state index >= 15 is 0 Å². The Morgan fingerprint density at radius 2 is 1.46 bits per heavy atom. The van der Waals surface area contributed by atoms with Crippen molar-refractivity contribution in [1.29, 1.82) is 0 Å². The zero-order chi connectivity index (χ0) is 9.99. The Bertz CT molecular complexity index is 303. The Hall–Kier alpha value is 0.820. The van der Waals surface area contributed by atoms with Gasteiger partial charge in [0.15, 0.2) is 0 Å². The van der Waals surface area contributed by atoms with E-state index < -0.39 is 24.8 Å². The molecule has 0 spiro atoms. The van der Waals surface area contributed by atoms with E-state index in [1.807, 2.05) is 0 Å². The maximum Gasteiger partial charge on any atom is 1.00 e. The molecule has 0 aliphatic rings. The zero-order valence-corrected chi connectivity index (χ0v) is 11.0. The molecule has 0 fully saturated rings. The maximum atomic E-state index is 10.4. The van der Waals surface area contributed by atoms with Gasteiger partial charge in [0.2, 0.25) is 4.58 Å². The Labute approximate surface area is 101 Å². The largest absolute Gasteiger partial charge is 1.00 e. The third-order valence-corrected chi connectivity index (χ3v) is 4.45. The Morgan fingerprint density at radius 3 is 1.54 bits per heavy atom. The van der Waals surface area contributed by atoms with Gasteiger partial charge in [-0.3, -0.25) is 9.11 Å². The fraction of sp³-hybridized carbons (Fsp3) is 1.00. The van der Waals surface area contributed by atoms with Gasteiger partial charge in [-0.05, 0) is 6.42 Å². The first-order valence-electron chi connectivity index (χ1n) is 3.12. The number of hydrogen-bond acceptors (Lipinski definition) is 4. The average Bonchev–Trinajstić information content (AvgIpc) is 1.77. The van der Waals surface area contributed by atoms with E-state index in [-0.39, 0.29) is 43.8 Å². The SMILES string of the molecule is CCCC(S(=O)(=O)O)S(=O)(=O)O.[H-].[Na+]. The van der Waals surface area contributed by atoms with Crippen LogP contribution in [0.15, 0.2) is 0 Å². The second kappa shape index (κ2) is 5.64. The minimum absolute atomic E-state index is 0. The first-order valence-corrected chi connectivity index (χ1v) is 6.13. The van der Waals surface area contributed by atoms with E-state index in [1.165, 1.54) is 6.92 Å². The third kappa shape index (κ3) is 6.00. The summed E-state index contributed by atoms with van der Waals surface area (Å²) in [5.74, 6) is 0. The van der Waals surface area contributed by atoms with E-state index in [0.717, 1.165) is 0 Å². The number of hydrogen-bond donors (Lipinski definition) is 2. The molecule has 0 amide bonds. The summed E-state index contributed by atoms with van der Waals surface area (Å²) in [6.45, 7) is 1.53. The molecule has 76 valence electrons. The minimum atomic E-state index is -4.72. The van der Waals surface area contributed by atoms with E-state index in [4.69, 9.17) is 9.11 Å². The van der Waals surface area contributed by atoms with E-state index in [2.05, 4.69) is 0 Å². The van der Waals surface area contributed by atoms with Crippen LogP contribution in [0.4, 0.5) is 0 Å². The Kier molecular flexibility index (Phi) is 7.05. The second-order valence-electron chi connectivity index (χ2n) is 2.25. The summed E-state index contributed by atoms with van der Waals surface area (Å²) in [6.07, 6.45) is -0.0953. The third-order valence-electron chi connectivity index (χ3n) is 1.19. The van der Waals surface area contributed by atoms with Gasteiger partial charge in [0.05, 0.1) is 0 Å². The molecule has 0 saturated carbocycles. The molecule has 0 aromatic carbocycles. The van der Waals surface area contributed by atoms with Crippen molar-refractivity contribution in [2.75, 3.05) is 0 Å². The number of rotatable bonds is 4. The van der Waals surface area contributed by atoms with Crippen LogP contribution >= 0.6 is 0 Å². The first-order chi connectivity index (χ1) is 5.19. The molecule has 0 bridgehead atoms. The summed E-state index contributed by atoms with van der Waals surface area (Å²) >= 11 is 0. The smallest absolute Gasteiger partial charge is 1.00 e. The van der Waals surface area contributed by atoms with Crippen LogP contribution in [-0.2, 0) is 20.2 Å². The van der Waals surface area contributed by atoms with Gasteiger partial charge < -0.3 is 1.43 Å². The molecule has 0 aromatic rings. The van der Waals surface area contributed by atoms with E-state index in [1.54, 1.807) is 0 Å². The molecule has 0 aliphatic heterocycles. The molecule has 0 heterocycles. The molecular formula is C4H11NaO6S2. The molecule has 0 radical (unpaired) electrons. The van der Waals surface area contributed by atoms with Crippen molar-refractivity contribution >= 4 is 20.2 Å². The predicted octanol–water partition coefficient (Wildman–Crippen LogP) is -3.00. The fourth-order valence-corrected chi connectivity index (χ4v) is 2.98. The van der Waals surface area contributed by atoms with Crippen LogP contribution in [0.5, 0.6) is 0 Å². The standard InChI is InChI=1S/C4H10O6S2.Na.H/c1-2-3-4(11(5,6)7)12(8,9)10;;/h4H,2-3H2,1H3,(H,5,6,7)(H,8,9,10);;/q;+1;-1. The van der Waals surface area contributed by atoms with Crippen LogP contribution in [0.2, 0.25) is 0 Å². The first kappa shape index (κ1) is 16.3. The topological polar surface area (TPSA) is 109 Å². The molecule has 6 nitrogen and oxygen atoms in total. The maximum absolute atomic E-state index is 10.4. The summed E-state index contributed by atoms with van der Waals surface area (Å²) in [7, 11) is -9.45. The van der Waals surface area contributed by atoms with E-state index in [0.29, 0.717) is 0 Å². The molecule has 2 N–H and O–H groups in total. The van der Waals surface area contributed by atoms with Crippen LogP contribution in [0.25, 0.3) is 0 Å². The Balaban J connectivity index is -0.000000605. The molecule has 0 aromatic heterocycles. The van der Waals surface area contributed by atoms with Gasteiger partial charge in [-0.25, -0.2) is 0 Å². The minimum Gasteiger partial charge on any atom is -1.00 e. The van der Waals surface area contributed by atoms with Gasteiger partial charge in [0, 0.05) is 0 Å². The normalized spacial score (nSPS) is 12.6. The van der Waals surface area contributed by atoms with Gasteiger partial charge in [-0.2, -0.15) is 16.8 Å². The molecule has 0 atom stereocenters. The Morgan fingerprint density at radius 1 is 1.15 bits per heavy atom. The molecule has 9 heteroatoms. The van der Waals surface area contributed by atoms with Gasteiger partial charge >= 0.3 is 29.6 Å². The average molecular weight is 242 g/mol. The van der Waals surface area contributed by atoms with Crippen molar-refractivity contribution in [2.24, 2.45) is 0 Å². The van der Waals surface area contributed by atoms with Crippen molar-refractivity contribution < 1.29 is 56.9 Å². The summed E-state index contributed by atoms with van der Waals surface area (Å²) in [5, 5.41) is 0. The molecule has 13 heavy (non-hydrogen) atoms. The molecule has 0 saturated heterocycles. The van der Waals surface area contributed by atoms with Gasteiger partial charge in [-0.15, -0.1) is 0 Å². The predicted molar refractivity (Wildman–Crippen MR) is 42.9 cm³/mol. The van der Waals surface area contributed by atoms with Gasteiger partial charge in [-0.1, -0.05) is 13.3 Å². The summed E-state index contributed by atoms with van der Waals surface area (Å²) in [5.41, 5.74) is 0. The summed E-state index contributed by atoms with van der Waals surface area (Å²) in [4.78, 5) is 0. The quantitative estimate of drug-likeness (QED) is 0.402. The zero-order valence-electron chi connectivity index (χ0n) is 8.34.